The van der Waals surface area contributed by atoms with Crippen molar-refractivity contribution in [1.82, 2.24) is 5.32 Å². The standard InChI is InChI=1S/C9H11NO3/c1-6(11)10-7-5-9(2,13)4-3-8(7)12/h3-5,13H,1-2H3,(H,10,11)/t9-/m1/s1. The quantitative estimate of drug-likeness (QED) is 0.593. The molecule has 0 aliphatic heterocycles. The second-order valence-electron chi connectivity index (χ2n) is 3.16. The first kappa shape index (κ1) is 9.67. The second-order valence-corrected chi connectivity index (χ2v) is 3.16. The highest BCUT2D eigenvalue weighted by Gasteiger charge is 2.22. The molecule has 4 nitrogen and oxygen atoms in total. The van der Waals surface area contributed by atoms with Crippen LogP contribution < -0.4 is 5.32 Å². The third-order valence-electron chi connectivity index (χ3n) is 1.58. The number of aliphatic hydroxyl groups is 1. The van der Waals surface area contributed by atoms with E-state index >= 15 is 0 Å². The van der Waals surface area contributed by atoms with Crippen LogP contribution in [0.25, 0.3) is 0 Å². The maximum atomic E-state index is 11.1. The molecule has 1 aliphatic rings. The zero-order valence-corrected chi connectivity index (χ0v) is 7.50. The van der Waals surface area contributed by atoms with Gasteiger partial charge in [0.1, 0.15) is 5.60 Å². The molecule has 0 heterocycles. The molecule has 0 unspecified atom stereocenters. The first-order valence-corrected chi connectivity index (χ1v) is 3.87. The van der Waals surface area contributed by atoms with Gasteiger partial charge in [-0.1, -0.05) is 0 Å². The zero-order valence-electron chi connectivity index (χ0n) is 7.50. The van der Waals surface area contributed by atoms with E-state index in [1.54, 1.807) is 0 Å². The Morgan fingerprint density at radius 1 is 1.62 bits per heavy atom. The van der Waals surface area contributed by atoms with Crippen LogP contribution in [0, 0.1) is 0 Å². The first-order chi connectivity index (χ1) is 5.91. The van der Waals surface area contributed by atoms with Crippen LogP contribution in [-0.2, 0) is 9.59 Å². The van der Waals surface area contributed by atoms with Gasteiger partial charge in [-0.05, 0) is 25.2 Å². The van der Waals surface area contributed by atoms with Crippen molar-refractivity contribution < 1.29 is 14.7 Å². The fourth-order valence-electron chi connectivity index (χ4n) is 1.03. The molecule has 0 saturated carbocycles. The van der Waals surface area contributed by atoms with Gasteiger partial charge in [-0.2, -0.15) is 0 Å². The molecule has 0 spiro atoms. The van der Waals surface area contributed by atoms with E-state index in [0.717, 1.165) is 0 Å². The lowest BCUT2D eigenvalue weighted by atomic mass is 9.98. The smallest absolute Gasteiger partial charge is 0.221 e. The Morgan fingerprint density at radius 2 is 2.23 bits per heavy atom. The summed E-state index contributed by atoms with van der Waals surface area (Å²) in [6.07, 6.45) is 3.93. The Bertz CT molecular complexity index is 313. The molecule has 2 N–H and O–H groups in total. The van der Waals surface area contributed by atoms with Crippen molar-refractivity contribution in [3.63, 3.8) is 0 Å². The number of rotatable bonds is 1. The van der Waals surface area contributed by atoms with Gasteiger partial charge in [-0.3, -0.25) is 9.59 Å². The summed E-state index contributed by atoms with van der Waals surface area (Å²) in [6, 6.07) is 0. The molecule has 1 rings (SSSR count). The van der Waals surface area contributed by atoms with E-state index in [4.69, 9.17) is 0 Å². The van der Waals surface area contributed by atoms with Crippen LogP contribution in [0.2, 0.25) is 0 Å². The first-order valence-electron chi connectivity index (χ1n) is 3.87. The molecule has 1 aliphatic carbocycles. The molecule has 0 radical (unpaired) electrons. The summed E-state index contributed by atoms with van der Waals surface area (Å²) in [5.41, 5.74) is -1.04. The number of allylic oxidation sites excluding steroid dienone is 1. The molecule has 1 atom stereocenters. The second kappa shape index (κ2) is 3.14. The molecule has 0 aromatic rings. The van der Waals surface area contributed by atoms with Gasteiger partial charge in [0, 0.05) is 6.92 Å². The topological polar surface area (TPSA) is 66.4 Å². The van der Waals surface area contributed by atoms with Crippen molar-refractivity contribution in [3.05, 3.63) is 23.9 Å². The van der Waals surface area contributed by atoms with Gasteiger partial charge in [-0.15, -0.1) is 0 Å². The Balaban J connectivity index is 2.88. The van der Waals surface area contributed by atoms with E-state index in [1.807, 2.05) is 0 Å². The number of hydrogen-bond donors (Lipinski definition) is 2. The maximum absolute atomic E-state index is 11.1. The number of ketones is 1. The largest absolute Gasteiger partial charge is 0.382 e. The Morgan fingerprint density at radius 3 is 2.77 bits per heavy atom. The fraction of sp³-hybridized carbons (Fsp3) is 0.333. The van der Waals surface area contributed by atoms with Crippen LogP contribution in [0.1, 0.15) is 13.8 Å². The van der Waals surface area contributed by atoms with E-state index in [-0.39, 0.29) is 17.4 Å². The van der Waals surface area contributed by atoms with E-state index in [9.17, 15) is 14.7 Å². The number of amides is 1. The van der Waals surface area contributed by atoms with Crippen molar-refractivity contribution >= 4 is 11.7 Å². The zero-order chi connectivity index (χ0) is 10.1. The molecule has 13 heavy (non-hydrogen) atoms. The average Bonchev–Trinajstić information content (AvgIpc) is 1.95. The fourth-order valence-corrected chi connectivity index (χ4v) is 1.03. The number of carbonyl (C=O) groups excluding carboxylic acids is 2. The summed E-state index contributed by atoms with van der Waals surface area (Å²) in [4.78, 5) is 21.8. The van der Waals surface area contributed by atoms with Crippen molar-refractivity contribution in [1.29, 1.82) is 0 Å². The molecule has 0 bridgehead atoms. The van der Waals surface area contributed by atoms with Gasteiger partial charge in [0.05, 0.1) is 5.70 Å². The maximum Gasteiger partial charge on any atom is 0.221 e. The van der Waals surface area contributed by atoms with E-state index in [2.05, 4.69) is 5.32 Å². The normalized spacial score (nSPS) is 27.0. The van der Waals surface area contributed by atoms with Crippen molar-refractivity contribution in [2.45, 2.75) is 19.4 Å². The van der Waals surface area contributed by atoms with Crippen LogP contribution in [0.3, 0.4) is 0 Å². The predicted octanol–water partition coefficient (Wildman–Crippen LogP) is -0.104. The summed E-state index contributed by atoms with van der Waals surface area (Å²) in [6.45, 7) is 2.83. The molecule has 4 heteroatoms. The van der Waals surface area contributed by atoms with Crippen LogP contribution in [-0.4, -0.2) is 22.4 Å². The van der Waals surface area contributed by atoms with E-state index < -0.39 is 5.60 Å². The minimum atomic E-state index is -1.16. The lowest BCUT2D eigenvalue weighted by Crippen LogP contribution is -2.31. The van der Waals surface area contributed by atoms with Crippen LogP contribution in [0.4, 0.5) is 0 Å². The summed E-state index contributed by atoms with van der Waals surface area (Å²) in [7, 11) is 0. The van der Waals surface area contributed by atoms with Gasteiger partial charge >= 0.3 is 0 Å². The van der Waals surface area contributed by atoms with Gasteiger partial charge in [0.2, 0.25) is 11.7 Å². The van der Waals surface area contributed by atoms with E-state index in [1.165, 1.54) is 32.1 Å². The molecule has 0 aromatic carbocycles. The summed E-state index contributed by atoms with van der Waals surface area (Å²) < 4.78 is 0. The summed E-state index contributed by atoms with van der Waals surface area (Å²) in [5, 5.41) is 11.9. The molecule has 70 valence electrons. The predicted molar refractivity (Wildman–Crippen MR) is 46.7 cm³/mol. The lowest BCUT2D eigenvalue weighted by Gasteiger charge is -2.19. The molecular formula is C9H11NO3. The monoisotopic (exact) mass is 181 g/mol. The average molecular weight is 181 g/mol. The van der Waals surface area contributed by atoms with Crippen LogP contribution in [0.5, 0.6) is 0 Å². The van der Waals surface area contributed by atoms with Crippen molar-refractivity contribution in [2.75, 3.05) is 0 Å². The van der Waals surface area contributed by atoms with Crippen LogP contribution >= 0.6 is 0 Å². The molecular weight excluding hydrogens is 170 g/mol. The number of hydrogen-bond acceptors (Lipinski definition) is 3. The third kappa shape index (κ3) is 2.52. The number of carbonyl (C=O) groups is 2. The highest BCUT2D eigenvalue weighted by molar-refractivity contribution is 6.07. The number of nitrogens with one attached hydrogen (secondary N) is 1. The van der Waals surface area contributed by atoms with Crippen molar-refractivity contribution in [3.8, 4) is 0 Å². The Hall–Kier alpha value is -1.42. The van der Waals surface area contributed by atoms with Gasteiger partial charge in [0.25, 0.3) is 0 Å². The molecule has 0 aromatic heterocycles. The van der Waals surface area contributed by atoms with Crippen LogP contribution in [0.15, 0.2) is 23.9 Å². The molecule has 0 saturated heterocycles. The minimum Gasteiger partial charge on any atom is -0.382 e. The summed E-state index contributed by atoms with van der Waals surface area (Å²) in [5.74, 6) is -0.632. The van der Waals surface area contributed by atoms with Gasteiger partial charge in [-0.25, -0.2) is 0 Å². The third-order valence-corrected chi connectivity index (χ3v) is 1.58. The Kier molecular flexibility index (Phi) is 2.34. The Labute approximate surface area is 75.9 Å². The highest BCUT2D eigenvalue weighted by Crippen LogP contribution is 2.15. The van der Waals surface area contributed by atoms with Gasteiger partial charge in [0.15, 0.2) is 0 Å². The van der Waals surface area contributed by atoms with E-state index in [0.29, 0.717) is 0 Å². The van der Waals surface area contributed by atoms with Crippen molar-refractivity contribution in [2.24, 2.45) is 0 Å². The highest BCUT2D eigenvalue weighted by atomic mass is 16.3. The lowest BCUT2D eigenvalue weighted by molar-refractivity contribution is -0.120. The SMILES string of the molecule is CC(=O)NC1=C[C@](C)(O)C=CC1=O. The van der Waals surface area contributed by atoms with Gasteiger partial charge < -0.3 is 10.4 Å². The molecule has 0 fully saturated rings. The summed E-state index contributed by atoms with van der Waals surface area (Å²) >= 11 is 0. The minimum absolute atomic E-state index is 0.125. The molecule has 1 amide bonds.